The average molecular weight is 156 g/mol. The number of fused-ring (bicyclic) bond motifs is 1. The van der Waals surface area contributed by atoms with Crippen molar-refractivity contribution in [2.24, 2.45) is 0 Å². The van der Waals surface area contributed by atoms with Gasteiger partial charge in [0.2, 0.25) is 0 Å². The topological polar surface area (TPSA) is 13.1 Å². The predicted octanol–water partition coefficient (Wildman–Crippen LogP) is 2.61. The van der Waals surface area contributed by atoms with E-state index in [-0.39, 0.29) is 0 Å². The van der Waals surface area contributed by atoms with Crippen molar-refractivity contribution in [3.63, 3.8) is 0 Å². The lowest BCUT2D eigenvalue weighted by atomic mass is 10.2. The van der Waals surface area contributed by atoms with Gasteiger partial charge in [-0.25, -0.2) is 0 Å². The van der Waals surface area contributed by atoms with Crippen LogP contribution in [0.25, 0.3) is 11.0 Å². The molecule has 1 aromatic carbocycles. The third-order valence-corrected chi connectivity index (χ3v) is 1.75. The van der Waals surface area contributed by atoms with Gasteiger partial charge in [0.05, 0.1) is 6.42 Å². The van der Waals surface area contributed by atoms with E-state index in [1.165, 1.54) is 0 Å². The van der Waals surface area contributed by atoms with Gasteiger partial charge in [0, 0.05) is 5.39 Å². The largest absolute Gasteiger partial charge is 0.460 e. The normalized spacial score (nSPS) is 9.92. The second-order valence-corrected chi connectivity index (χ2v) is 2.63. The van der Waals surface area contributed by atoms with Gasteiger partial charge in [-0.3, -0.25) is 0 Å². The number of terminal acetylenes is 1. The Morgan fingerprint density at radius 3 is 2.92 bits per heavy atom. The number of furan rings is 1. The van der Waals surface area contributed by atoms with E-state index >= 15 is 0 Å². The first-order chi connectivity index (χ1) is 5.90. The van der Waals surface area contributed by atoms with Crippen LogP contribution in [0.4, 0.5) is 0 Å². The van der Waals surface area contributed by atoms with Gasteiger partial charge < -0.3 is 4.42 Å². The Morgan fingerprint density at radius 1 is 1.33 bits per heavy atom. The van der Waals surface area contributed by atoms with Crippen LogP contribution < -0.4 is 0 Å². The quantitative estimate of drug-likeness (QED) is 0.578. The molecule has 1 nitrogen and oxygen atoms in total. The molecule has 0 saturated carbocycles. The van der Waals surface area contributed by atoms with Gasteiger partial charge in [0.25, 0.3) is 0 Å². The van der Waals surface area contributed by atoms with E-state index in [2.05, 4.69) is 5.92 Å². The van der Waals surface area contributed by atoms with Gasteiger partial charge in [0.15, 0.2) is 0 Å². The minimum Gasteiger partial charge on any atom is -0.460 e. The van der Waals surface area contributed by atoms with E-state index in [9.17, 15) is 0 Å². The molecule has 1 heteroatoms. The Bertz CT molecular complexity index is 398. The Hall–Kier alpha value is -1.68. The monoisotopic (exact) mass is 156 g/mol. The molecule has 0 atom stereocenters. The van der Waals surface area contributed by atoms with Crippen molar-refractivity contribution in [3.05, 3.63) is 36.1 Å². The minimum atomic E-state index is 0.564. The molecule has 0 bridgehead atoms. The van der Waals surface area contributed by atoms with Gasteiger partial charge in [-0.1, -0.05) is 24.1 Å². The molecule has 0 radical (unpaired) electrons. The summed E-state index contributed by atoms with van der Waals surface area (Å²) in [7, 11) is 0. The van der Waals surface area contributed by atoms with Gasteiger partial charge in [-0.05, 0) is 12.1 Å². The van der Waals surface area contributed by atoms with Crippen LogP contribution in [-0.4, -0.2) is 0 Å². The number of benzene rings is 1. The van der Waals surface area contributed by atoms with Crippen LogP contribution >= 0.6 is 0 Å². The maximum atomic E-state index is 5.47. The molecule has 0 unspecified atom stereocenters. The summed E-state index contributed by atoms with van der Waals surface area (Å²) in [4.78, 5) is 0. The summed E-state index contributed by atoms with van der Waals surface area (Å²) in [6.45, 7) is 0. The van der Waals surface area contributed by atoms with Gasteiger partial charge in [-0.15, -0.1) is 6.42 Å². The Labute approximate surface area is 71.0 Å². The van der Waals surface area contributed by atoms with E-state index < -0.39 is 0 Å². The summed E-state index contributed by atoms with van der Waals surface area (Å²) >= 11 is 0. The van der Waals surface area contributed by atoms with Crippen LogP contribution in [0, 0.1) is 12.3 Å². The first-order valence-corrected chi connectivity index (χ1v) is 3.81. The molecule has 12 heavy (non-hydrogen) atoms. The second kappa shape index (κ2) is 2.75. The summed E-state index contributed by atoms with van der Waals surface area (Å²) in [5, 5.41) is 1.11. The Balaban J connectivity index is 2.56. The van der Waals surface area contributed by atoms with E-state index in [1.807, 2.05) is 30.3 Å². The molecular formula is C11H8O. The highest BCUT2D eigenvalue weighted by molar-refractivity contribution is 5.77. The minimum absolute atomic E-state index is 0.564. The van der Waals surface area contributed by atoms with Crippen molar-refractivity contribution in [2.75, 3.05) is 0 Å². The number of hydrogen-bond acceptors (Lipinski definition) is 1. The molecule has 2 aromatic rings. The first kappa shape index (κ1) is 7.00. The van der Waals surface area contributed by atoms with Crippen LogP contribution in [0.5, 0.6) is 0 Å². The molecule has 0 aliphatic heterocycles. The summed E-state index contributed by atoms with van der Waals surface area (Å²) in [6.07, 6.45) is 5.74. The molecule has 58 valence electrons. The second-order valence-electron chi connectivity index (χ2n) is 2.63. The Morgan fingerprint density at radius 2 is 2.17 bits per heavy atom. The fourth-order valence-electron chi connectivity index (χ4n) is 1.22. The summed E-state index contributed by atoms with van der Waals surface area (Å²) in [5.41, 5.74) is 0.905. The maximum absolute atomic E-state index is 5.47. The first-order valence-electron chi connectivity index (χ1n) is 3.81. The lowest BCUT2D eigenvalue weighted by Gasteiger charge is -1.83. The zero-order valence-corrected chi connectivity index (χ0v) is 6.58. The number of hydrogen-bond donors (Lipinski definition) is 0. The van der Waals surface area contributed by atoms with Gasteiger partial charge in [-0.2, -0.15) is 0 Å². The van der Waals surface area contributed by atoms with Crippen LogP contribution in [0.1, 0.15) is 5.76 Å². The molecule has 0 fully saturated rings. The van der Waals surface area contributed by atoms with Crippen molar-refractivity contribution in [3.8, 4) is 12.3 Å². The smallest absolute Gasteiger partial charge is 0.134 e. The van der Waals surface area contributed by atoms with Crippen LogP contribution in [0.2, 0.25) is 0 Å². The number of para-hydroxylation sites is 1. The van der Waals surface area contributed by atoms with Crippen LogP contribution in [0.15, 0.2) is 34.7 Å². The molecule has 0 saturated heterocycles. The van der Waals surface area contributed by atoms with Crippen molar-refractivity contribution in [2.45, 2.75) is 6.42 Å². The van der Waals surface area contributed by atoms with E-state index in [0.29, 0.717) is 6.42 Å². The molecule has 2 rings (SSSR count). The summed E-state index contributed by atoms with van der Waals surface area (Å²) in [6, 6.07) is 9.87. The molecule has 1 aromatic heterocycles. The third-order valence-electron chi connectivity index (χ3n) is 1.75. The lowest BCUT2D eigenvalue weighted by molar-refractivity contribution is 0.568. The zero-order chi connectivity index (χ0) is 8.39. The van der Waals surface area contributed by atoms with E-state index in [4.69, 9.17) is 10.8 Å². The van der Waals surface area contributed by atoms with E-state index in [1.54, 1.807) is 0 Å². The molecule has 1 heterocycles. The van der Waals surface area contributed by atoms with Gasteiger partial charge in [0.1, 0.15) is 11.3 Å². The van der Waals surface area contributed by atoms with Crippen molar-refractivity contribution in [1.29, 1.82) is 0 Å². The van der Waals surface area contributed by atoms with Crippen molar-refractivity contribution >= 4 is 11.0 Å². The molecule has 0 aliphatic rings. The third kappa shape index (κ3) is 1.08. The summed E-state index contributed by atoms with van der Waals surface area (Å²) < 4.78 is 5.47. The molecule has 0 N–H and O–H groups in total. The van der Waals surface area contributed by atoms with E-state index in [0.717, 1.165) is 16.7 Å². The fraction of sp³-hybridized carbons (Fsp3) is 0.0909. The van der Waals surface area contributed by atoms with Crippen LogP contribution in [-0.2, 0) is 6.42 Å². The predicted molar refractivity (Wildman–Crippen MR) is 48.8 cm³/mol. The van der Waals surface area contributed by atoms with Crippen molar-refractivity contribution in [1.82, 2.24) is 0 Å². The summed E-state index contributed by atoms with van der Waals surface area (Å²) in [5.74, 6) is 3.41. The lowest BCUT2D eigenvalue weighted by Crippen LogP contribution is -1.71. The maximum Gasteiger partial charge on any atom is 0.134 e. The average Bonchev–Trinajstić information content (AvgIpc) is 2.47. The molecular weight excluding hydrogens is 148 g/mol. The standard InChI is InChI=1S/C11H8O/c1-2-5-10-8-9-6-3-4-7-11(9)12-10/h1,3-4,6-8H,5H2. The van der Waals surface area contributed by atoms with Gasteiger partial charge >= 0.3 is 0 Å². The Kier molecular flexibility index (Phi) is 1.60. The molecule has 0 amide bonds. The molecule has 0 spiro atoms. The highest BCUT2D eigenvalue weighted by Crippen LogP contribution is 2.18. The van der Waals surface area contributed by atoms with Crippen molar-refractivity contribution < 1.29 is 4.42 Å². The SMILES string of the molecule is C#CCc1cc2ccccc2o1. The number of rotatable bonds is 1. The fourth-order valence-corrected chi connectivity index (χ4v) is 1.22. The molecule has 0 aliphatic carbocycles. The highest BCUT2D eigenvalue weighted by Gasteiger charge is 1.99. The highest BCUT2D eigenvalue weighted by atomic mass is 16.3. The van der Waals surface area contributed by atoms with Crippen LogP contribution in [0.3, 0.4) is 0 Å². The zero-order valence-electron chi connectivity index (χ0n) is 6.58.